The Bertz CT molecular complexity index is 1220. The van der Waals surface area contributed by atoms with Crippen LogP contribution in [-0.4, -0.2) is 18.2 Å². The lowest BCUT2D eigenvalue weighted by atomic mass is 10.0. The standard InChI is InChI=1S/C22H25Cl2N3O2S/c1-12-9-13(2)15(4)22(14(12)3)30(28,29)26-21-16(5)25-27(17(21)6)11-18-7-8-19(23)10-20(18)24/h7-10,26H,11H2,1-6H3. The largest absolute Gasteiger partial charge is 0.276 e. The van der Waals surface area contributed by atoms with Crippen LogP contribution in [0.5, 0.6) is 0 Å². The molecule has 0 unspecified atom stereocenters. The fourth-order valence-electron chi connectivity index (χ4n) is 3.58. The van der Waals surface area contributed by atoms with Crippen molar-refractivity contribution in [3.8, 4) is 0 Å². The predicted molar refractivity (Wildman–Crippen MR) is 123 cm³/mol. The smallest absolute Gasteiger partial charge is 0.262 e. The Labute approximate surface area is 188 Å². The van der Waals surface area contributed by atoms with Crippen molar-refractivity contribution < 1.29 is 8.42 Å². The molecule has 0 fully saturated rings. The highest BCUT2D eigenvalue weighted by Gasteiger charge is 2.25. The summed E-state index contributed by atoms with van der Waals surface area (Å²) in [5.74, 6) is 0. The molecular formula is C22H25Cl2N3O2S. The third kappa shape index (κ3) is 4.22. The fourth-order valence-corrected chi connectivity index (χ4v) is 5.84. The second-order valence-electron chi connectivity index (χ2n) is 7.63. The van der Waals surface area contributed by atoms with Gasteiger partial charge in [0.25, 0.3) is 10.0 Å². The van der Waals surface area contributed by atoms with E-state index >= 15 is 0 Å². The number of aryl methyl sites for hydroxylation is 3. The summed E-state index contributed by atoms with van der Waals surface area (Å²) in [6.45, 7) is 11.5. The minimum absolute atomic E-state index is 0.326. The van der Waals surface area contributed by atoms with E-state index in [0.29, 0.717) is 38.6 Å². The molecule has 8 heteroatoms. The SMILES string of the molecule is Cc1cc(C)c(C)c(S(=O)(=O)Nc2c(C)nn(Cc3ccc(Cl)cc3Cl)c2C)c1C. The molecule has 0 amide bonds. The number of rotatable bonds is 5. The number of sulfonamides is 1. The van der Waals surface area contributed by atoms with Gasteiger partial charge in [-0.3, -0.25) is 9.40 Å². The number of anilines is 1. The fraction of sp³-hybridized carbons (Fsp3) is 0.318. The molecule has 0 spiro atoms. The second-order valence-corrected chi connectivity index (χ2v) is 10.1. The van der Waals surface area contributed by atoms with Gasteiger partial charge in [0.1, 0.15) is 0 Å². The summed E-state index contributed by atoms with van der Waals surface area (Å²) in [7, 11) is -3.78. The molecule has 0 saturated carbocycles. The number of nitrogens with zero attached hydrogens (tertiary/aromatic N) is 2. The molecule has 0 radical (unpaired) electrons. The van der Waals surface area contributed by atoms with Crippen LogP contribution in [0.1, 0.15) is 39.2 Å². The summed E-state index contributed by atoms with van der Waals surface area (Å²) in [5, 5.41) is 5.63. The molecule has 3 aromatic rings. The first-order valence-corrected chi connectivity index (χ1v) is 11.7. The van der Waals surface area contributed by atoms with Crippen molar-refractivity contribution in [3.63, 3.8) is 0 Å². The number of benzene rings is 2. The first-order chi connectivity index (χ1) is 13.9. The van der Waals surface area contributed by atoms with Gasteiger partial charge >= 0.3 is 0 Å². The molecule has 0 atom stereocenters. The topological polar surface area (TPSA) is 64.0 Å². The molecule has 30 heavy (non-hydrogen) atoms. The average Bonchev–Trinajstić information content (AvgIpc) is 2.89. The highest BCUT2D eigenvalue weighted by molar-refractivity contribution is 7.92. The van der Waals surface area contributed by atoms with E-state index in [1.54, 1.807) is 23.7 Å². The monoisotopic (exact) mass is 465 g/mol. The van der Waals surface area contributed by atoms with E-state index in [4.69, 9.17) is 23.2 Å². The van der Waals surface area contributed by atoms with Gasteiger partial charge in [-0.15, -0.1) is 0 Å². The van der Waals surface area contributed by atoms with Crippen molar-refractivity contribution in [1.82, 2.24) is 9.78 Å². The van der Waals surface area contributed by atoms with Gasteiger partial charge in [-0.1, -0.05) is 35.3 Å². The van der Waals surface area contributed by atoms with Crippen LogP contribution < -0.4 is 4.72 Å². The number of hydrogen-bond acceptors (Lipinski definition) is 3. The molecule has 0 aliphatic carbocycles. The van der Waals surface area contributed by atoms with Gasteiger partial charge in [0.15, 0.2) is 0 Å². The summed E-state index contributed by atoms with van der Waals surface area (Å²) in [6, 6.07) is 7.30. The maximum atomic E-state index is 13.3. The average molecular weight is 466 g/mol. The Hall–Kier alpha value is -2.02. The molecule has 0 saturated heterocycles. The van der Waals surface area contributed by atoms with Gasteiger partial charge in [0.2, 0.25) is 0 Å². The van der Waals surface area contributed by atoms with E-state index in [-0.39, 0.29) is 0 Å². The molecule has 1 heterocycles. The molecule has 3 rings (SSSR count). The van der Waals surface area contributed by atoms with Gasteiger partial charge < -0.3 is 0 Å². The van der Waals surface area contributed by atoms with E-state index in [0.717, 1.165) is 27.8 Å². The van der Waals surface area contributed by atoms with Crippen molar-refractivity contribution >= 4 is 38.9 Å². The van der Waals surface area contributed by atoms with Crippen molar-refractivity contribution in [1.29, 1.82) is 0 Å². The molecule has 5 nitrogen and oxygen atoms in total. The van der Waals surface area contributed by atoms with Crippen molar-refractivity contribution in [2.24, 2.45) is 0 Å². The van der Waals surface area contributed by atoms with Crippen molar-refractivity contribution in [2.75, 3.05) is 4.72 Å². The minimum Gasteiger partial charge on any atom is -0.276 e. The lowest BCUT2D eigenvalue weighted by Gasteiger charge is -2.17. The lowest BCUT2D eigenvalue weighted by molar-refractivity contribution is 0.599. The number of halogens is 2. The van der Waals surface area contributed by atoms with Crippen LogP contribution in [0.25, 0.3) is 0 Å². The first kappa shape index (κ1) is 22.7. The maximum absolute atomic E-state index is 13.3. The Kier molecular flexibility index (Phi) is 6.23. The second kappa shape index (κ2) is 8.25. The Balaban J connectivity index is 2.00. The number of aromatic nitrogens is 2. The highest BCUT2D eigenvalue weighted by atomic mass is 35.5. The minimum atomic E-state index is -3.78. The third-order valence-electron chi connectivity index (χ3n) is 5.52. The number of hydrogen-bond donors (Lipinski definition) is 1. The highest BCUT2D eigenvalue weighted by Crippen LogP contribution is 2.30. The zero-order chi connectivity index (χ0) is 22.4. The van der Waals surface area contributed by atoms with Crippen LogP contribution in [0.3, 0.4) is 0 Å². The van der Waals surface area contributed by atoms with Crippen molar-refractivity contribution in [3.05, 3.63) is 73.5 Å². The van der Waals surface area contributed by atoms with Crippen molar-refractivity contribution in [2.45, 2.75) is 53.0 Å². The predicted octanol–water partition coefficient (Wildman–Crippen LogP) is 5.89. The summed E-state index contributed by atoms with van der Waals surface area (Å²) in [5.41, 5.74) is 6.03. The molecular weight excluding hydrogens is 441 g/mol. The van der Waals surface area contributed by atoms with Crippen LogP contribution in [-0.2, 0) is 16.6 Å². The summed E-state index contributed by atoms with van der Waals surface area (Å²) < 4.78 is 31.2. The molecule has 2 aromatic carbocycles. The Morgan fingerprint density at radius 2 is 1.57 bits per heavy atom. The molecule has 0 aliphatic heterocycles. The van der Waals surface area contributed by atoms with E-state index in [2.05, 4.69) is 9.82 Å². The quantitative estimate of drug-likeness (QED) is 0.510. The summed E-state index contributed by atoms with van der Waals surface area (Å²) in [4.78, 5) is 0.326. The molecule has 1 aromatic heterocycles. The third-order valence-corrected chi connectivity index (χ3v) is 7.73. The van der Waals surface area contributed by atoms with Crippen LogP contribution in [0.4, 0.5) is 5.69 Å². The van der Waals surface area contributed by atoms with E-state index < -0.39 is 10.0 Å². The van der Waals surface area contributed by atoms with E-state index in [1.165, 1.54) is 0 Å². The van der Waals surface area contributed by atoms with E-state index in [9.17, 15) is 8.42 Å². The van der Waals surface area contributed by atoms with Gasteiger partial charge in [0, 0.05) is 10.0 Å². The maximum Gasteiger partial charge on any atom is 0.262 e. The lowest BCUT2D eigenvalue weighted by Crippen LogP contribution is -2.18. The van der Waals surface area contributed by atoms with Gasteiger partial charge in [-0.2, -0.15) is 5.10 Å². The molecule has 0 bridgehead atoms. The van der Waals surface area contributed by atoms with Gasteiger partial charge in [0.05, 0.1) is 28.5 Å². The van der Waals surface area contributed by atoms with Crippen LogP contribution in [0.15, 0.2) is 29.2 Å². The van der Waals surface area contributed by atoms with Crippen LogP contribution in [0, 0.1) is 41.5 Å². The number of nitrogens with one attached hydrogen (secondary N) is 1. The van der Waals surface area contributed by atoms with Crippen LogP contribution in [0.2, 0.25) is 10.0 Å². The molecule has 1 N–H and O–H groups in total. The van der Waals surface area contributed by atoms with Gasteiger partial charge in [-0.05, 0) is 81.5 Å². The van der Waals surface area contributed by atoms with Crippen LogP contribution >= 0.6 is 23.2 Å². The van der Waals surface area contributed by atoms with Gasteiger partial charge in [-0.25, -0.2) is 8.42 Å². The normalized spacial score (nSPS) is 11.7. The molecule has 160 valence electrons. The summed E-state index contributed by atoms with van der Waals surface area (Å²) >= 11 is 12.3. The molecule has 0 aliphatic rings. The van der Waals surface area contributed by atoms with E-state index in [1.807, 2.05) is 46.8 Å². The Morgan fingerprint density at radius 1 is 0.967 bits per heavy atom. The first-order valence-electron chi connectivity index (χ1n) is 9.50. The zero-order valence-electron chi connectivity index (χ0n) is 17.9. The summed E-state index contributed by atoms with van der Waals surface area (Å²) in [6.07, 6.45) is 0. The zero-order valence-corrected chi connectivity index (χ0v) is 20.2. The Morgan fingerprint density at radius 3 is 2.13 bits per heavy atom.